The summed E-state index contributed by atoms with van der Waals surface area (Å²) in [6.07, 6.45) is 4.95. The molecule has 2 nitrogen and oxygen atoms in total. The van der Waals surface area contributed by atoms with Gasteiger partial charge >= 0.3 is 0 Å². The van der Waals surface area contributed by atoms with Gasteiger partial charge in [-0.15, -0.1) is 0 Å². The van der Waals surface area contributed by atoms with E-state index in [9.17, 15) is 0 Å². The largest absolute Gasteiger partial charge is 0.493 e. The molecule has 0 aliphatic rings. The molecule has 0 amide bonds. The van der Waals surface area contributed by atoms with E-state index in [-0.39, 0.29) is 5.41 Å². The number of unbranched alkanes of at least 4 members (excludes halogenated alkanes) is 3. The predicted octanol–water partition coefficient (Wildman–Crippen LogP) is 4.84. The van der Waals surface area contributed by atoms with E-state index in [4.69, 9.17) is 4.74 Å². The smallest absolute Gasteiger partial charge is 0.123 e. The Kier molecular flexibility index (Phi) is 7.81. The van der Waals surface area contributed by atoms with Crippen LogP contribution in [0.2, 0.25) is 0 Å². The Hall–Kier alpha value is -1.02. The first kappa shape index (κ1) is 18.0. The summed E-state index contributed by atoms with van der Waals surface area (Å²) in [5.41, 5.74) is 2.75. The summed E-state index contributed by atoms with van der Waals surface area (Å²) in [6.45, 7) is 14.1. The standard InChI is InChI=1S/C19H33NO/c1-6-20-13-9-7-8-10-14-21-18-12-11-16(2)15-17(18)19(3,4)5/h11-12,15,20H,6-10,13-14H2,1-5H3. The van der Waals surface area contributed by atoms with Crippen molar-refractivity contribution in [3.63, 3.8) is 0 Å². The Morgan fingerprint density at radius 1 is 1.05 bits per heavy atom. The molecule has 0 aliphatic heterocycles. The van der Waals surface area contributed by atoms with Gasteiger partial charge in [0, 0.05) is 0 Å². The molecule has 0 fully saturated rings. The first-order valence-corrected chi connectivity index (χ1v) is 8.40. The second kappa shape index (κ2) is 9.09. The molecular formula is C19H33NO. The van der Waals surface area contributed by atoms with Gasteiger partial charge in [0.2, 0.25) is 0 Å². The van der Waals surface area contributed by atoms with E-state index in [2.05, 4.69) is 58.1 Å². The zero-order valence-electron chi connectivity index (χ0n) is 14.6. The van der Waals surface area contributed by atoms with E-state index in [1.807, 2.05) is 0 Å². The first-order chi connectivity index (χ1) is 9.95. The van der Waals surface area contributed by atoms with Crippen molar-refractivity contribution in [2.75, 3.05) is 19.7 Å². The highest BCUT2D eigenvalue weighted by Gasteiger charge is 2.18. The summed E-state index contributed by atoms with van der Waals surface area (Å²) in [6, 6.07) is 6.52. The molecule has 1 aromatic rings. The van der Waals surface area contributed by atoms with Crippen LogP contribution in [-0.4, -0.2) is 19.7 Å². The van der Waals surface area contributed by atoms with Crippen LogP contribution < -0.4 is 10.1 Å². The third-order valence-corrected chi connectivity index (χ3v) is 3.70. The fraction of sp³-hybridized carbons (Fsp3) is 0.684. The SMILES string of the molecule is CCNCCCCCCOc1ccc(C)cc1C(C)(C)C. The highest BCUT2D eigenvalue weighted by atomic mass is 16.5. The van der Waals surface area contributed by atoms with Crippen LogP contribution in [0.5, 0.6) is 5.75 Å². The van der Waals surface area contributed by atoms with Crippen LogP contribution in [0.3, 0.4) is 0 Å². The first-order valence-electron chi connectivity index (χ1n) is 8.40. The third kappa shape index (κ3) is 6.99. The molecule has 21 heavy (non-hydrogen) atoms. The quantitative estimate of drug-likeness (QED) is 0.657. The van der Waals surface area contributed by atoms with Crippen LogP contribution in [-0.2, 0) is 5.41 Å². The lowest BCUT2D eigenvalue weighted by molar-refractivity contribution is 0.296. The number of hydrogen-bond donors (Lipinski definition) is 1. The molecule has 0 saturated carbocycles. The maximum atomic E-state index is 6.03. The lowest BCUT2D eigenvalue weighted by atomic mass is 9.85. The van der Waals surface area contributed by atoms with E-state index in [0.717, 1.165) is 31.9 Å². The average molecular weight is 291 g/mol. The normalized spacial score (nSPS) is 11.7. The van der Waals surface area contributed by atoms with Gasteiger partial charge in [0.05, 0.1) is 6.61 Å². The van der Waals surface area contributed by atoms with Gasteiger partial charge in [0.15, 0.2) is 0 Å². The van der Waals surface area contributed by atoms with Gasteiger partial charge in [-0.3, -0.25) is 0 Å². The number of benzene rings is 1. The minimum atomic E-state index is 0.132. The maximum absolute atomic E-state index is 6.03. The monoisotopic (exact) mass is 291 g/mol. The van der Waals surface area contributed by atoms with Gasteiger partial charge in [-0.05, 0) is 49.9 Å². The molecule has 2 heteroatoms. The van der Waals surface area contributed by atoms with Crippen LogP contribution in [0.4, 0.5) is 0 Å². The number of hydrogen-bond acceptors (Lipinski definition) is 2. The zero-order chi connectivity index (χ0) is 15.7. The summed E-state index contributed by atoms with van der Waals surface area (Å²) in [4.78, 5) is 0. The molecule has 0 aromatic heterocycles. The number of aryl methyl sites for hydroxylation is 1. The van der Waals surface area contributed by atoms with Gasteiger partial charge in [-0.2, -0.15) is 0 Å². The Balaban J connectivity index is 2.35. The van der Waals surface area contributed by atoms with Crippen LogP contribution in [0, 0.1) is 6.92 Å². The summed E-state index contributed by atoms with van der Waals surface area (Å²) < 4.78 is 6.03. The summed E-state index contributed by atoms with van der Waals surface area (Å²) in [7, 11) is 0. The van der Waals surface area contributed by atoms with Crippen molar-refractivity contribution in [2.24, 2.45) is 0 Å². The Labute approximate surface area is 131 Å². The minimum absolute atomic E-state index is 0.132. The Morgan fingerprint density at radius 2 is 1.76 bits per heavy atom. The third-order valence-electron chi connectivity index (χ3n) is 3.70. The van der Waals surface area contributed by atoms with Gasteiger partial charge in [0.25, 0.3) is 0 Å². The molecule has 1 aromatic carbocycles. The summed E-state index contributed by atoms with van der Waals surface area (Å²) >= 11 is 0. The van der Waals surface area contributed by atoms with Crippen molar-refractivity contribution >= 4 is 0 Å². The van der Waals surface area contributed by atoms with Crippen LogP contribution in [0.25, 0.3) is 0 Å². The fourth-order valence-corrected chi connectivity index (χ4v) is 2.42. The van der Waals surface area contributed by atoms with E-state index in [1.165, 1.54) is 30.4 Å². The van der Waals surface area contributed by atoms with Crippen molar-refractivity contribution in [2.45, 2.75) is 65.7 Å². The van der Waals surface area contributed by atoms with Gasteiger partial charge in [0.1, 0.15) is 5.75 Å². The number of nitrogens with one attached hydrogen (secondary N) is 1. The van der Waals surface area contributed by atoms with Crippen molar-refractivity contribution in [1.82, 2.24) is 5.32 Å². The van der Waals surface area contributed by atoms with Crippen molar-refractivity contribution in [3.8, 4) is 5.75 Å². The predicted molar refractivity (Wildman–Crippen MR) is 92.4 cm³/mol. The minimum Gasteiger partial charge on any atom is -0.493 e. The lowest BCUT2D eigenvalue weighted by Gasteiger charge is -2.23. The van der Waals surface area contributed by atoms with Gasteiger partial charge in [-0.1, -0.05) is 58.2 Å². The molecule has 0 bridgehead atoms. The molecule has 0 radical (unpaired) electrons. The Morgan fingerprint density at radius 3 is 2.43 bits per heavy atom. The van der Waals surface area contributed by atoms with E-state index >= 15 is 0 Å². The highest BCUT2D eigenvalue weighted by molar-refractivity contribution is 5.41. The number of ether oxygens (including phenoxy) is 1. The van der Waals surface area contributed by atoms with Gasteiger partial charge in [-0.25, -0.2) is 0 Å². The van der Waals surface area contributed by atoms with Crippen molar-refractivity contribution in [3.05, 3.63) is 29.3 Å². The fourth-order valence-electron chi connectivity index (χ4n) is 2.42. The zero-order valence-corrected chi connectivity index (χ0v) is 14.6. The van der Waals surface area contributed by atoms with E-state index in [0.29, 0.717) is 0 Å². The second-order valence-electron chi connectivity index (χ2n) is 6.87. The van der Waals surface area contributed by atoms with E-state index in [1.54, 1.807) is 0 Å². The maximum Gasteiger partial charge on any atom is 0.123 e. The molecule has 0 atom stereocenters. The number of rotatable bonds is 9. The molecular weight excluding hydrogens is 258 g/mol. The molecule has 1 rings (SSSR count). The van der Waals surface area contributed by atoms with Crippen LogP contribution in [0.1, 0.15) is 64.5 Å². The highest BCUT2D eigenvalue weighted by Crippen LogP contribution is 2.32. The van der Waals surface area contributed by atoms with Crippen LogP contribution in [0.15, 0.2) is 18.2 Å². The lowest BCUT2D eigenvalue weighted by Crippen LogP contribution is -2.14. The van der Waals surface area contributed by atoms with Crippen molar-refractivity contribution < 1.29 is 4.74 Å². The van der Waals surface area contributed by atoms with Crippen molar-refractivity contribution in [1.29, 1.82) is 0 Å². The molecule has 0 saturated heterocycles. The molecule has 1 N–H and O–H groups in total. The van der Waals surface area contributed by atoms with E-state index < -0.39 is 0 Å². The molecule has 0 unspecified atom stereocenters. The summed E-state index contributed by atoms with van der Waals surface area (Å²) in [5, 5.41) is 3.36. The summed E-state index contributed by atoms with van der Waals surface area (Å²) in [5.74, 6) is 1.06. The average Bonchev–Trinajstić information content (AvgIpc) is 2.42. The van der Waals surface area contributed by atoms with Gasteiger partial charge < -0.3 is 10.1 Å². The topological polar surface area (TPSA) is 21.3 Å². The van der Waals surface area contributed by atoms with Crippen LogP contribution >= 0.6 is 0 Å². The molecule has 0 heterocycles. The molecule has 0 aliphatic carbocycles. The Bertz CT molecular complexity index is 407. The second-order valence-corrected chi connectivity index (χ2v) is 6.87. The molecule has 0 spiro atoms. The molecule has 120 valence electrons.